The summed E-state index contributed by atoms with van der Waals surface area (Å²) in [4.78, 5) is 11.7. The number of hydrogen-bond acceptors (Lipinski definition) is 2. The molecule has 1 aliphatic carbocycles. The van der Waals surface area contributed by atoms with Crippen molar-refractivity contribution < 1.29 is 13.6 Å². The molecule has 92 valence electrons. The molecule has 0 aliphatic heterocycles. The molecule has 5 heteroatoms. The van der Waals surface area contributed by atoms with Crippen molar-refractivity contribution in [2.75, 3.05) is 13.1 Å². The number of rotatable bonds is 4. The van der Waals surface area contributed by atoms with Gasteiger partial charge in [-0.1, -0.05) is 24.3 Å². The van der Waals surface area contributed by atoms with Crippen LogP contribution >= 0.6 is 0 Å². The Bertz CT molecular complexity index is 434. The third-order valence-corrected chi connectivity index (χ3v) is 2.99. The second-order valence-corrected chi connectivity index (χ2v) is 4.23. The summed E-state index contributed by atoms with van der Waals surface area (Å²) < 4.78 is 25.7. The summed E-state index contributed by atoms with van der Waals surface area (Å²) in [6, 6.07) is 7.53. The second kappa shape index (κ2) is 4.41. The molecule has 1 unspecified atom stereocenters. The highest BCUT2D eigenvalue weighted by atomic mass is 19.3. The molecule has 0 aromatic heterocycles. The van der Waals surface area contributed by atoms with Crippen LogP contribution in [-0.4, -0.2) is 24.9 Å². The summed E-state index contributed by atoms with van der Waals surface area (Å²) in [6.07, 6.45) is 0.621. The SMILES string of the molecule is NCC(F)(F)CNC(=O)C1Cc2ccccc21. The van der Waals surface area contributed by atoms with Gasteiger partial charge in [-0.05, 0) is 17.5 Å². The number of amides is 1. The van der Waals surface area contributed by atoms with Crippen LogP contribution in [0.4, 0.5) is 8.78 Å². The number of carbonyl (C=O) groups excluding carboxylic acids is 1. The molecule has 3 nitrogen and oxygen atoms in total. The molecular weight excluding hydrogens is 226 g/mol. The van der Waals surface area contributed by atoms with E-state index in [1.54, 1.807) is 0 Å². The molecule has 2 rings (SSSR count). The maximum Gasteiger partial charge on any atom is 0.277 e. The number of fused-ring (bicyclic) bond motifs is 1. The number of halogens is 2. The lowest BCUT2D eigenvalue weighted by molar-refractivity contribution is -0.124. The van der Waals surface area contributed by atoms with Crippen LogP contribution in [0, 0.1) is 0 Å². The zero-order valence-electron chi connectivity index (χ0n) is 9.25. The average Bonchev–Trinajstić information content (AvgIpc) is 2.28. The molecule has 0 bridgehead atoms. The molecule has 0 saturated heterocycles. The van der Waals surface area contributed by atoms with Gasteiger partial charge < -0.3 is 11.1 Å². The number of carbonyl (C=O) groups is 1. The Balaban J connectivity index is 1.92. The van der Waals surface area contributed by atoms with Gasteiger partial charge in [0.15, 0.2) is 0 Å². The third-order valence-electron chi connectivity index (χ3n) is 2.99. The van der Waals surface area contributed by atoms with Crippen LogP contribution in [0.1, 0.15) is 17.0 Å². The predicted molar refractivity (Wildman–Crippen MR) is 59.9 cm³/mol. The van der Waals surface area contributed by atoms with Gasteiger partial charge in [0.1, 0.15) is 0 Å². The van der Waals surface area contributed by atoms with Gasteiger partial charge in [-0.3, -0.25) is 4.79 Å². The Kier molecular flexibility index (Phi) is 3.11. The summed E-state index contributed by atoms with van der Waals surface area (Å²) >= 11 is 0. The molecule has 3 N–H and O–H groups in total. The summed E-state index contributed by atoms with van der Waals surface area (Å²) in [5.74, 6) is -3.67. The Morgan fingerprint density at radius 3 is 2.82 bits per heavy atom. The number of alkyl halides is 2. The molecule has 1 amide bonds. The highest BCUT2D eigenvalue weighted by molar-refractivity contribution is 5.86. The molecule has 0 radical (unpaired) electrons. The van der Waals surface area contributed by atoms with Crippen LogP contribution in [0.3, 0.4) is 0 Å². The van der Waals surface area contributed by atoms with Crippen molar-refractivity contribution in [1.82, 2.24) is 5.32 Å². The van der Waals surface area contributed by atoms with Gasteiger partial charge in [-0.25, -0.2) is 8.78 Å². The Labute approximate surface area is 98.0 Å². The fraction of sp³-hybridized carbons (Fsp3) is 0.417. The lowest BCUT2D eigenvalue weighted by Gasteiger charge is -2.29. The molecule has 1 aliphatic rings. The first-order valence-corrected chi connectivity index (χ1v) is 5.47. The van der Waals surface area contributed by atoms with Crippen molar-refractivity contribution in [2.45, 2.75) is 18.3 Å². The maximum absolute atomic E-state index is 12.9. The van der Waals surface area contributed by atoms with E-state index in [0.29, 0.717) is 6.42 Å². The molecule has 0 spiro atoms. The predicted octanol–water partition coefficient (Wildman–Crippen LogP) is 1.04. The van der Waals surface area contributed by atoms with Crippen LogP contribution in [0.15, 0.2) is 24.3 Å². The molecule has 1 aromatic carbocycles. The van der Waals surface area contributed by atoms with Crippen molar-refractivity contribution in [3.05, 3.63) is 35.4 Å². The van der Waals surface area contributed by atoms with Crippen LogP contribution in [0.25, 0.3) is 0 Å². The van der Waals surface area contributed by atoms with Gasteiger partial charge in [0.05, 0.1) is 19.0 Å². The zero-order chi connectivity index (χ0) is 12.5. The van der Waals surface area contributed by atoms with E-state index in [1.807, 2.05) is 24.3 Å². The molecule has 1 aromatic rings. The fourth-order valence-corrected chi connectivity index (χ4v) is 1.90. The largest absolute Gasteiger partial charge is 0.349 e. The minimum absolute atomic E-state index is 0.292. The van der Waals surface area contributed by atoms with Gasteiger partial charge in [0.2, 0.25) is 5.91 Å². The van der Waals surface area contributed by atoms with E-state index in [-0.39, 0.29) is 11.8 Å². The standard InChI is InChI=1S/C12H14F2N2O/c13-12(14,6-15)7-16-11(17)10-5-8-3-1-2-4-9(8)10/h1-4,10H,5-7,15H2,(H,16,17). The summed E-state index contributed by atoms with van der Waals surface area (Å²) in [5.41, 5.74) is 6.93. The number of hydrogen-bond donors (Lipinski definition) is 2. The van der Waals surface area contributed by atoms with Crippen LogP contribution in [0.5, 0.6) is 0 Å². The molecule has 17 heavy (non-hydrogen) atoms. The minimum Gasteiger partial charge on any atom is -0.349 e. The van der Waals surface area contributed by atoms with Gasteiger partial charge in [-0.15, -0.1) is 0 Å². The van der Waals surface area contributed by atoms with E-state index in [0.717, 1.165) is 11.1 Å². The Hall–Kier alpha value is -1.49. The van der Waals surface area contributed by atoms with E-state index < -0.39 is 19.0 Å². The summed E-state index contributed by atoms with van der Waals surface area (Å²) in [6.45, 7) is -1.45. The molecule has 0 heterocycles. The van der Waals surface area contributed by atoms with E-state index in [4.69, 9.17) is 5.73 Å². The molecule has 1 atom stereocenters. The van der Waals surface area contributed by atoms with Crippen LogP contribution < -0.4 is 11.1 Å². The molecule has 0 saturated carbocycles. The number of nitrogens with two attached hydrogens (primary N) is 1. The summed E-state index contributed by atoms with van der Waals surface area (Å²) in [5, 5.41) is 2.25. The Morgan fingerprint density at radius 1 is 1.47 bits per heavy atom. The van der Waals surface area contributed by atoms with Crippen LogP contribution in [0.2, 0.25) is 0 Å². The van der Waals surface area contributed by atoms with Crippen molar-refractivity contribution in [3.8, 4) is 0 Å². The zero-order valence-corrected chi connectivity index (χ0v) is 9.25. The second-order valence-electron chi connectivity index (χ2n) is 4.23. The van der Waals surface area contributed by atoms with Gasteiger partial charge in [-0.2, -0.15) is 0 Å². The smallest absolute Gasteiger partial charge is 0.277 e. The van der Waals surface area contributed by atoms with Crippen molar-refractivity contribution in [2.24, 2.45) is 5.73 Å². The van der Waals surface area contributed by atoms with E-state index in [2.05, 4.69) is 5.32 Å². The van der Waals surface area contributed by atoms with Crippen molar-refractivity contribution >= 4 is 5.91 Å². The quantitative estimate of drug-likeness (QED) is 0.826. The van der Waals surface area contributed by atoms with Crippen molar-refractivity contribution in [1.29, 1.82) is 0 Å². The van der Waals surface area contributed by atoms with E-state index in [9.17, 15) is 13.6 Å². The lowest BCUT2D eigenvalue weighted by Crippen LogP contribution is -2.44. The highest BCUT2D eigenvalue weighted by Gasteiger charge is 2.34. The Morgan fingerprint density at radius 2 is 2.18 bits per heavy atom. The molecular formula is C12H14F2N2O. The highest BCUT2D eigenvalue weighted by Crippen LogP contribution is 2.34. The van der Waals surface area contributed by atoms with Crippen LogP contribution in [-0.2, 0) is 11.2 Å². The van der Waals surface area contributed by atoms with Gasteiger partial charge >= 0.3 is 0 Å². The van der Waals surface area contributed by atoms with Gasteiger partial charge in [0.25, 0.3) is 5.92 Å². The van der Waals surface area contributed by atoms with Gasteiger partial charge in [0, 0.05) is 0 Å². The number of benzene rings is 1. The first-order valence-electron chi connectivity index (χ1n) is 5.47. The monoisotopic (exact) mass is 240 g/mol. The lowest BCUT2D eigenvalue weighted by atomic mass is 9.77. The first-order chi connectivity index (χ1) is 8.03. The first kappa shape index (κ1) is 12.0. The fourth-order valence-electron chi connectivity index (χ4n) is 1.90. The third kappa shape index (κ3) is 2.44. The normalized spacial score (nSPS) is 18.2. The maximum atomic E-state index is 12.9. The topological polar surface area (TPSA) is 55.1 Å². The van der Waals surface area contributed by atoms with E-state index in [1.165, 1.54) is 0 Å². The minimum atomic E-state index is -3.03. The summed E-state index contributed by atoms with van der Waals surface area (Å²) in [7, 11) is 0. The number of nitrogens with one attached hydrogen (secondary N) is 1. The molecule has 0 fully saturated rings. The van der Waals surface area contributed by atoms with Crippen molar-refractivity contribution in [3.63, 3.8) is 0 Å². The average molecular weight is 240 g/mol. The van der Waals surface area contributed by atoms with E-state index >= 15 is 0 Å².